The number of benzene rings is 2. The van der Waals surface area contributed by atoms with E-state index in [1.807, 2.05) is 0 Å². The highest BCUT2D eigenvalue weighted by atomic mass is 16.3. The van der Waals surface area contributed by atoms with Crippen molar-refractivity contribution >= 4 is 6.08 Å². The highest BCUT2D eigenvalue weighted by Gasteiger charge is 2.15. The van der Waals surface area contributed by atoms with Crippen LogP contribution in [-0.4, -0.2) is 15.3 Å². The van der Waals surface area contributed by atoms with Crippen molar-refractivity contribution in [2.24, 2.45) is 0 Å². The molecule has 0 unspecified atom stereocenters. The lowest BCUT2D eigenvalue weighted by molar-refractivity contribution is 0.449. The van der Waals surface area contributed by atoms with Gasteiger partial charge in [0.05, 0.1) is 5.56 Å². The highest BCUT2D eigenvalue weighted by Crippen LogP contribution is 2.43. The molecule has 0 aliphatic carbocycles. The van der Waals surface area contributed by atoms with Crippen LogP contribution in [0.2, 0.25) is 0 Å². The van der Waals surface area contributed by atoms with E-state index in [1.165, 1.54) is 18.2 Å². The molecule has 3 N–H and O–H groups in total. The topological polar surface area (TPSA) is 60.7 Å². The SMILES string of the molecule is C=Cc1ccc(O)c(-c2ccccc2O)c1O. The molecule has 3 nitrogen and oxygen atoms in total. The van der Waals surface area contributed by atoms with Gasteiger partial charge >= 0.3 is 0 Å². The first-order chi connectivity index (χ1) is 8.15. The summed E-state index contributed by atoms with van der Waals surface area (Å²) in [6.45, 7) is 3.57. The standard InChI is InChI=1S/C14H12O3/c1-2-9-7-8-12(16)13(14(9)17)10-5-3-4-6-11(10)15/h2-8,15-17H,1H2. The number of hydrogen-bond donors (Lipinski definition) is 3. The Morgan fingerprint density at radius 2 is 1.59 bits per heavy atom. The summed E-state index contributed by atoms with van der Waals surface area (Å²) in [5, 5.41) is 29.5. The van der Waals surface area contributed by atoms with Gasteiger partial charge in [-0.15, -0.1) is 0 Å². The van der Waals surface area contributed by atoms with Crippen LogP contribution in [0.4, 0.5) is 0 Å². The molecule has 2 aromatic carbocycles. The molecule has 0 fully saturated rings. The summed E-state index contributed by atoms with van der Waals surface area (Å²) in [7, 11) is 0. The molecule has 2 rings (SSSR count). The lowest BCUT2D eigenvalue weighted by Gasteiger charge is -2.11. The van der Waals surface area contributed by atoms with E-state index in [2.05, 4.69) is 6.58 Å². The van der Waals surface area contributed by atoms with E-state index in [0.29, 0.717) is 11.1 Å². The van der Waals surface area contributed by atoms with Crippen molar-refractivity contribution < 1.29 is 15.3 Å². The Hall–Kier alpha value is -2.42. The van der Waals surface area contributed by atoms with E-state index in [9.17, 15) is 15.3 Å². The summed E-state index contributed by atoms with van der Waals surface area (Å²) in [5.41, 5.74) is 1.09. The smallest absolute Gasteiger partial charge is 0.134 e. The lowest BCUT2D eigenvalue weighted by atomic mass is 9.99. The van der Waals surface area contributed by atoms with E-state index in [4.69, 9.17) is 0 Å². The third-order valence-corrected chi connectivity index (χ3v) is 2.58. The van der Waals surface area contributed by atoms with Crippen LogP contribution >= 0.6 is 0 Å². The number of aromatic hydroxyl groups is 3. The molecule has 0 saturated carbocycles. The van der Waals surface area contributed by atoms with Crippen LogP contribution < -0.4 is 0 Å². The predicted molar refractivity (Wildman–Crippen MR) is 67.0 cm³/mol. The van der Waals surface area contributed by atoms with Gasteiger partial charge in [-0.2, -0.15) is 0 Å². The van der Waals surface area contributed by atoms with Crippen LogP contribution in [0.5, 0.6) is 17.2 Å². The van der Waals surface area contributed by atoms with Crippen LogP contribution in [-0.2, 0) is 0 Å². The molecule has 0 saturated heterocycles. The Morgan fingerprint density at radius 1 is 0.882 bits per heavy atom. The zero-order valence-corrected chi connectivity index (χ0v) is 9.09. The van der Waals surface area contributed by atoms with Gasteiger partial charge in [0.25, 0.3) is 0 Å². The summed E-state index contributed by atoms with van der Waals surface area (Å²) in [5.74, 6) is -0.185. The van der Waals surface area contributed by atoms with Crippen molar-refractivity contribution in [3.63, 3.8) is 0 Å². The molecule has 0 atom stereocenters. The first-order valence-electron chi connectivity index (χ1n) is 5.11. The first-order valence-corrected chi connectivity index (χ1v) is 5.11. The average Bonchev–Trinajstić information content (AvgIpc) is 2.32. The van der Waals surface area contributed by atoms with Crippen LogP contribution in [0, 0.1) is 0 Å². The van der Waals surface area contributed by atoms with Crippen molar-refractivity contribution in [2.75, 3.05) is 0 Å². The van der Waals surface area contributed by atoms with Crippen LogP contribution in [0.1, 0.15) is 5.56 Å². The molecule has 0 amide bonds. The highest BCUT2D eigenvalue weighted by molar-refractivity contribution is 5.83. The molecule has 0 bridgehead atoms. The molecule has 2 aromatic rings. The number of phenols is 3. The number of rotatable bonds is 2. The van der Waals surface area contributed by atoms with Gasteiger partial charge in [0.1, 0.15) is 17.2 Å². The minimum absolute atomic E-state index is 0.000637. The van der Waals surface area contributed by atoms with E-state index >= 15 is 0 Å². The summed E-state index contributed by atoms with van der Waals surface area (Å²) in [6.07, 6.45) is 1.48. The molecule has 0 spiro atoms. The maximum Gasteiger partial charge on any atom is 0.134 e. The molecular formula is C14H12O3. The summed E-state index contributed by atoms with van der Waals surface area (Å²) in [6, 6.07) is 9.52. The van der Waals surface area contributed by atoms with Gasteiger partial charge in [0.2, 0.25) is 0 Å². The van der Waals surface area contributed by atoms with Crippen LogP contribution in [0.25, 0.3) is 17.2 Å². The minimum Gasteiger partial charge on any atom is -0.507 e. The van der Waals surface area contributed by atoms with Gasteiger partial charge in [-0.1, -0.05) is 30.9 Å². The maximum absolute atomic E-state index is 10.0. The third-order valence-electron chi connectivity index (χ3n) is 2.58. The van der Waals surface area contributed by atoms with Gasteiger partial charge in [0.15, 0.2) is 0 Å². The minimum atomic E-state index is -0.0958. The number of para-hydroxylation sites is 1. The fourth-order valence-electron chi connectivity index (χ4n) is 1.71. The van der Waals surface area contributed by atoms with Crippen molar-refractivity contribution in [3.05, 3.63) is 48.5 Å². The van der Waals surface area contributed by atoms with Crippen LogP contribution in [0.15, 0.2) is 43.0 Å². The van der Waals surface area contributed by atoms with Gasteiger partial charge < -0.3 is 15.3 Å². The van der Waals surface area contributed by atoms with Crippen molar-refractivity contribution in [3.8, 4) is 28.4 Å². The summed E-state index contributed by atoms with van der Waals surface area (Å²) >= 11 is 0. The zero-order chi connectivity index (χ0) is 12.4. The molecule has 0 radical (unpaired) electrons. The monoisotopic (exact) mass is 228 g/mol. The Balaban J connectivity index is 2.75. The average molecular weight is 228 g/mol. The second-order valence-electron chi connectivity index (χ2n) is 3.62. The molecule has 0 aliphatic rings. The molecule has 3 heteroatoms. The van der Waals surface area contributed by atoms with E-state index in [1.54, 1.807) is 24.3 Å². The maximum atomic E-state index is 10.0. The van der Waals surface area contributed by atoms with E-state index < -0.39 is 0 Å². The lowest BCUT2D eigenvalue weighted by Crippen LogP contribution is -1.84. The molecule has 86 valence electrons. The van der Waals surface area contributed by atoms with E-state index in [-0.39, 0.29) is 22.8 Å². The molecule has 0 aliphatic heterocycles. The molecule has 17 heavy (non-hydrogen) atoms. The molecular weight excluding hydrogens is 216 g/mol. The van der Waals surface area contributed by atoms with Crippen molar-refractivity contribution in [1.82, 2.24) is 0 Å². The molecule has 0 heterocycles. The van der Waals surface area contributed by atoms with Gasteiger partial charge in [-0.05, 0) is 18.2 Å². The Kier molecular flexibility index (Phi) is 2.75. The third kappa shape index (κ3) is 1.83. The van der Waals surface area contributed by atoms with Gasteiger partial charge in [-0.25, -0.2) is 0 Å². The summed E-state index contributed by atoms with van der Waals surface area (Å²) < 4.78 is 0. The number of hydrogen-bond acceptors (Lipinski definition) is 3. The second-order valence-corrected chi connectivity index (χ2v) is 3.62. The van der Waals surface area contributed by atoms with Crippen molar-refractivity contribution in [2.45, 2.75) is 0 Å². The van der Waals surface area contributed by atoms with E-state index in [0.717, 1.165) is 0 Å². The van der Waals surface area contributed by atoms with Gasteiger partial charge in [-0.3, -0.25) is 0 Å². The normalized spacial score (nSPS) is 10.1. The Morgan fingerprint density at radius 3 is 2.24 bits per heavy atom. The van der Waals surface area contributed by atoms with Gasteiger partial charge in [0, 0.05) is 11.1 Å². The van der Waals surface area contributed by atoms with Crippen molar-refractivity contribution in [1.29, 1.82) is 0 Å². The zero-order valence-electron chi connectivity index (χ0n) is 9.09. The number of phenolic OH excluding ortho intramolecular Hbond substituents is 3. The Labute approximate surface area is 98.9 Å². The predicted octanol–water partition coefficient (Wildman–Crippen LogP) is 3.11. The summed E-state index contributed by atoms with van der Waals surface area (Å²) in [4.78, 5) is 0. The second kappa shape index (κ2) is 4.22. The molecule has 0 aromatic heterocycles. The first kappa shape index (κ1) is 11.1. The quantitative estimate of drug-likeness (QED) is 0.740. The fraction of sp³-hybridized carbons (Fsp3) is 0. The largest absolute Gasteiger partial charge is 0.507 e. The van der Waals surface area contributed by atoms with Crippen LogP contribution in [0.3, 0.4) is 0 Å². The fourth-order valence-corrected chi connectivity index (χ4v) is 1.71. The Bertz CT molecular complexity index is 574.